The van der Waals surface area contributed by atoms with Gasteiger partial charge < -0.3 is 5.11 Å². The summed E-state index contributed by atoms with van der Waals surface area (Å²) in [6.07, 6.45) is 0.793. The molecule has 0 saturated carbocycles. The van der Waals surface area contributed by atoms with Crippen molar-refractivity contribution in [1.29, 1.82) is 0 Å². The van der Waals surface area contributed by atoms with Crippen molar-refractivity contribution in [3.05, 3.63) is 0 Å². The zero-order chi connectivity index (χ0) is 8.91. The van der Waals surface area contributed by atoms with E-state index in [-0.39, 0.29) is 12.4 Å². The Morgan fingerprint density at radius 3 is 2.36 bits per heavy atom. The molecular formula is C6H15NO3S. The second-order valence-electron chi connectivity index (χ2n) is 2.36. The highest BCUT2D eigenvalue weighted by Gasteiger charge is 2.14. The molecule has 0 unspecified atom stereocenters. The van der Waals surface area contributed by atoms with Gasteiger partial charge in [-0.2, -0.15) is 0 Å². The van der Waals surface area contributed by atoms with E-state index in [4.69, 9.17) is 5.11 Å². The second kappa shape index (κ2) is 4.69. The van der Waals surface area contributed by atoms with Crippen molar-refractivity contribution in [3.63, 3.8) is 0 Å². The first-order valence-electron chi connectivity index (χ1n) is 3.59. The predicted molar refractivity (Wildman–Crippen MR) is 43.8 cm³/mol. The van der Waals surface area contributed by atoms with Crippen LogP contribution in [0, 0.1) is 0 Å². The maximum absolute atomic E-state index is 11.1. The van der Waals surface area contributed by atoms with E-state index >= 15 is 0 Å². The Kier molecular flexibility index (Phi) is 4.63. The van der Waals surface area contributed by atoms with Crippen molar-refractivity contribution >= 4 is 10.0 Å². The molecule has 0 aliphatic rings. The third-order valence-corrected chi connectivity index (χ3v) is 3.19. The monoisotopic (exact) mass is 181 g/mol. The Balaban J connectivity index is 4.07. The average molecular weight is 181 g/mol. The van der Waals surface area contributed by atoms with Gasteiger partial charge in [-0.15, -0.1) is 0 Å². The van der Waals surface area contributed by atoms with Crippen molar-refractivity contribution in [2.45, 2.75) is 13.3 Å². The van der Waals surface area contributed by atoms with Crippen molar-refractivity contribution in [2.75, 3.05) is 26.0 Å². The Labute approximate surface area is 67.9 Å². The minimum absolute atomic E-state index is 0.177. The number of sulfonamides is 1. The molecule has 68 valence electrons. The SMILES string of the molecule is CCCN(C)S(=O)(=O)CCO. The van der Waals surface area contributed by atoms with Crippen LogP contribution >= 0.6 is 0 Å². The molecule has 5 heteroatoms. The lowest BCUT2D eigenvalue weighted by Gasteiger charge is -2.14. The normalized spacial score (nSPS) is 12.4. The van der Waals surface area contributed by atoms with Gasteiger partial charge in [0.05, 0.1) is 12.4 Å². The summed E-state index contributed by atoms with van der Waals surface area (Å²) in [5.74, 6) is -0.177. The summed E-state index contributed by atoms with van der Waals surface area (Å²) in [6, 6.07) is 0. The molecule has 4 nitrogen and oxygen atoms in total. The number of nitrogens with zero attached hydrogens (tertiary/aromatic N) is 1. The van der Waals surface area contributed by atoms with E-state index in [1.807, 2.05) is 6.92 Å². The van der Waals surface area contributed by atoms with Crippen LogP contribution in [0.15, 0.2) is 0 Å². The van der Waals surface area contributed by atoms with E-state index in [9.17, 15) is 8.42 Å². The van der Waals surface area contributed by atoms with E-state index in [2.05, 4.69) is 0 Å². The zero-order valence-electron chi connectivity index (χ0n) is 6.95. The van der Waals surface area contributed by atoms with Gasteiger partial charge in [0.2, 0.25) is 10.0 Å². The molecule has 0 aliphatic heterocycles. The van der Waals surface area contributed by atoms with E-state index < -0.39 is 10.0 Å². The quantitative estimate of drug-likeness (QED) is 0.630. The largest absolute Gasteiger partial charge is 0.395 e. The first kappa shape index (κ1) is 10.9. The first-order chi connectivity index (χ1) is 5.04. The molecule has 0 atom stereocenters. The van der Waals surface area contributed by atoms with Crippen LogP contribution in [0.25, 0.3) is 0 Å². The van der Waals surface area contributed by atoms with Gasteiger partial charge in [-0.1, -0.05) is 6.92 Å². The third-order valence-electron chi connectivity index (χ3n) is 1.36. The van der Waals surface area contributed by atoms with Gasteiger partial charge in [0.1, 0.15) is 0 Å². The fraction of sp³-hybridized carbons (Fsp3) is 1.00. The van der Waals surface area contributed by atoms with Crippen molar-refractivity contribution in [1.82, 2.24) is 4.31 Å². The van der Waals surface area contributed by atoms with Crippen LogP contribution in [-0.4, -0.2) is 43.8 Å². The van der Waals surface area contributed by atoms with Gasteiger partial charge in [-0.05, 0) is 6.42 Å². The van der Waals surface area contributed by atoms with Crippen LogP contribution in [0.5, 0.6) is 0 Å². The summed E-state index contributed by atoms with van der Waals surface area (Å²) in [4.78, 5) is 0. The second-order valence-corrected chi connectivity index (χ2v) is 4.56. The number of hydrogen-bond acceptors (Lipinski definition) is 3. The molecule has 0 saturated heterocycles. The van der Waals surface area contributed by atoms with Crippen LogP contribution in [-0.2, 0) is 10.0 Å². The van der Waals surface area contributed by atoms with Gasteiger partial charge >= 0.3 is 0 Å². The molecule has 0 radical (unpaired) electrons. The maximum Gasteiger partial charge on any atom is 0.216 e. The highest BCUT2D eigenvalue weighted by Crippen LogP contribution is 1.97. The minimum Gasteiger partial charge on any atom is -0.395 e. The molecule has 0 spiro atoms. The summed E-state index contributed by atoms with van der Waals surface area (Å²) >= 11 is 0. The molecule has 0 aromatic heterocycles. The molecule has 0 fully saturated rings. The fourth-order valence-electron chi connectivity index (χ4n) is 0.725. The van der Waals surface area contributed by atoms with Gasteiger partial charge in [-0.3, -0.25) is 0 Å². The molecule has 0 rings (SSSR count). The van der Waals surface area contributed by atoms with Crippen LogP contribution in [0.3, 0.4) is 0 Å². The number of aliphatic hydroxyl groups is 1. The highest BCUT2D eigenvalue weighted by atomic mass is 32.2. The molecule has 0 aromatic rings. The van der Waals surface area contributed by atoms with Crippen molar-refractivity contribution < 1.29 is 13.5 Å². The van der Waals surface area contributed by atoms with Crippen molar-refractivity contribution in [3.8, 4) is 0 Å². The lowest BCUT2D eigenvalue weighted by Crippen LogP contribution is -2.30. The van der Waals surface area contributed by atoms with Crippen LogP contribution in [0.1, 0.15) is 13.3 Å². The molecule has 0 aromatic carbocycles. The molecule has 11 heavy (non-hydrogen) atoms. The third kappa shape index (κ3) is 3.69. The number of aliphatic hydroxyl groups excluding tert-OH is 1. The highest BCUT2D eigenvalue weighted by molar-refractivity contribution is 7.89. The molecule has 0 amide bonds. The fourth-order valence-corrected chi connectivity index (χ4v) is 1.73. The summed E-state index contributed by atoms with van der Waals surface area (Å²) in [5, 5.41) is 8.41. The lowest BCUT2D eigenvalue weighted by atomic mass is 10.5. The van der Waals surface area contributed by atoms with Gasteiger partial charge in [-0.25, -0.2) is 12.7 Å². The number of rotatable bonds is 5. The van der Waals surface area contributed by atoms with Crippen LogP contribution < -0.4 is 0 Å². The smallest absolute Gasteiger partial charge is 0.216 e. The molecule has 1 N–H and O–H groups in total. The van der Waals surface area contributed by atoms with Gasteiger partial charge in [0.25, 0.3) is 0 Å². The molecule has 0 heterocycles. The van der Waals surface area contributed by atoms with Crippen LogP contribution in [0.4, 0.5) is 0 Å². The standard InChI is InChI=1S/C6H15NO3S/c1-3-4-7(2)11(9,10)6-5-8/h8H,3-6H2,1-2H3. The Bertz CT molecular complexity index is 188. The predicted octanol–water partition coefficient (Wildman–Crippen LogP) is -0.350. The Morgan fingerprint density at radius 1 is 1.45 bits per heavy atom. The van der Waals surface area contributed by atoms with Crippen molar-refractivity contribution in [2.24, 2.45) is 0 Å². The minimum atomic E-state index is -3.19. The van der Waals surface area contributed by atoms with Gasteiger partial charge in [0, 0.05) is 13.6 Å². The van der Waals surface area contributed by atoms with Crippen LogP contribution in [0.2, 0.25) is 0 Å². The summed E-state index contributed by atoms with van der Waals surface area (Å²) in [6.45, 7) is 2.11. The van der Waals surface area contributed by atoms with E-state index in [0.717, 1.165) is 6.42 Å². The first-order valence-corrected chi connectivity index (χ1v) is 5.20. The van der Waals surface area contributed by atoms with Gasteiger partial charge in [0.15, 0.2) is 0 Å². The molecule has 0 aliphatic carbocycles. The Morgan fingerprint density at radius 2 is 2.00 bits per heavy atom. The van der Waals surface area contributed by atoms with E-state index in [1.54, 1.807) is 0 Å². The lowest BCUT2D eigenvalue weighted by molar-refractivity contribution is 0.316. The summed E-state index contributed by atoms with van der Waals surface area (Å²) in [7, 11) is -1.67. The number of hydrogen-bond donors (Lipinski definition) is 1. The molecule has 0 bridgehead atoms. The molecular weight excluding hydrogens is 166 g/mol. The van der Waals surface area contributed by atoms with E-state index in [0.29, 0.717) is 6.54 Å². The average Bonchev–Trinajstić information content (AvgIpc) is 1.88. The topological polar surface area (TPSA) is 57.6 Å². The maximum atomic E-state index is 11.1. The summed E-state index contributed by atoms with van der Waals surface area (Å²) in [5.41, 5.74) is 0. The van der Waals surface area contributed by atoms with E-state index in [1.165, 1.54) is 11.4 Å². The summed E-state index contributed by atoms with van der Waals surface area (Å²) < 4.78 is 23.4. The Hall–Kier alpha value is -0.130. The zero-order valence-corrected chi connectivity index (χ0v) is 7.76.